The number of anilines is 3. The predicted molar refractivity (Wildman–Crippen MR) is 50.0 cm³/mol. The normalized spacial score (nSPS) is 10.5. The zero-order valence-corrected chi connectivity index (χ0v) is 7.37. The molecule has 1 heterocycles. The standard InChI is InChI=1S/C7H11F2N5/c8-4(9)1-2-12-6-3-5(10)13-7(11)14-6/h3-4H,1-2H2,(H5,10,11,12,13,14). The van der Waals surface area contributed by atoms with Gasteiger partial charge in [0.2, 0.25) is 12.4 Å². The molecule has 0 aromatic carbocycles. The van der Waals surface area contributed by atoms with Crippen LogP contribution in [0.15, 0.2) is 6.07 Å². The highest BCUT2D eigenvalue weighted by Gasteiger charge is 2.03. The Morgan fingerprint density at radius 2 is 2.07 bits per heavy atom. The second-order valence-corrected chi connectivity index (χ2v) is 2.64. The molecule has 7 heteroatoms. The van der Waals surface area contributed by atoms with E-state index < -0.39 is 6.43 Å². The van der Waals surface area contributed by atoms with Crippen molar-refractivity contribution in [3.63, 3.8) is 0 Å². The summed E-state index contributed by atoms with van der Waals surface area (Å²) in [6.07, 6.45) is -2.58. The van der Waals surface area contributed by atoms with Crippen molar-refractivity contribution in [1.82, 2.24) is 9.97 Å². The molecule has 0 radical (unpaired) electrons. The summed E-state index contributed by atoms with van der Waals surface area (Å²) in [5.74, 6) is 0.581. The smallest absolute Gasteiger partial charge is 0.240 e. The largest absolute Gasteiger partial charge is 0.383 e. The number of nitrogens with zero attached hydrogens (tertiary/aromatic N) is 2. The van der Waals surface area contributed by atoms with Gasteiger partial charge in [-0.1, -0.05) is 0 Å². The van der Waals surface area contributed by atoms with Crippen molar-refractivity contribution in [1.29, 1.82) is 0 Å². The quantitative estimate of drug-likeness (QED) is 0.670. The van der Waals surface area contributed by atoms with Gasteiger partial charge in [0.05, 0.1) is 0 Å². The van der Waals surface area contributed by atoms with Crippen molar-refractivity contribution in [2.24, 2.45) is 0 Å². The minimum absolute atomic E-state index is 0.0181. The van der Waals surface area contributed by atoms with Gasteiger partial charge in [0, 0.05) is 19.0 Å². The number of hydrogen-bond acceptors (Lipinski definition) is 5. The molecule has 0 aliphatic heterocycles. The Labute approximate surface area is 79.5 Å². The van der Waals surface area contributed by atoms with Crippen molar-refractivity contribution >= 4 is 17.6 Å². The molecule has 0 unspecified atom stereocenters. The van der Waals surface area contributed by atoms with Gasteiger partial charge in [-0.2, -0.15) is 9.97 Å². The molecule has 78 valence electrons. The van der Waals surface area contributed by atoms with Gasteiger partial charge >= 0.3 is 0 Å². The van der Waals surface area contributed by atoms with Crippen LogP contribution < -0.4 is 16.8 Å². The Hall–Kier alpha value is -1.66. The van der Waals surface area contributed by atoms with E-state index in [0.717, 1.165) is 0 Å². The minimum Gasteiger partial charge on any atom is -0.383 e. The molecule has 0 fully saturated rings. The zero-order chi connectivity index (χ0) is 10.6. The number of nitrogen functional groups attached to an aromatic ring is 2. The molecule has 1 rings (SSSR count). The first kappa shape index (κ1) is 10.4. The molecule has 0 bridgehead atoms. The van der Waals surface area contributed by atoms with Crippen LogP contribution in [-0.4, -0.2) is 22.9 Å². The summed E-state index contributed by atoms with van der Waals surface area (Å²) in [6, 6.07) is 1.43. The molecule has 1 aromatic heterocycles. The second kappa shape index (κ2) is 4.54. The summed E-state index contributed by atoms with van der Waals surface area (Å²) >= 11 is 0. The first-order valence-electron chi connectivity index (χ1n) is 4.00. The minimum atomic E-state index is -2.33. The summed E-state index contributed by atoms with van der Waals surface area (Å²) in [6.45, 7) is 0.119. The van der Waals surface area contributed by atoms with Gasteiger partial charge in [-0.3, -0.25) is 0 Å². The maximum Gasteiger partial charge on any atom is 0.240 e. The fourth-order valence-electron chi connectivity index (χ4n) is 0.885. The van der Waals surface area contributed by atoms with Crippen LogP contribution in [0.3, 0.4) is 0 Å². The second-order valence-electron chi connectivity index (χ2n) is 2.64. The van der Waals surface area contributed by atoms with Crippen LogP contribution in [0.25, 0.3) is 0 Å². The van der Waals surface area contributed by atoms with Gasteiger partial charge in [-0.25, -0.2) is 8.78 Å². The number of alkyl halides is 2. The lowest BCUT2D eigenvalue weighted by Gasteiger charge is -2.05. The molecule has 0 saturated carbocycles. The Morgan fingerprint density at radius 3 is 2.64 bits per heavy atom. The number of nitrogens with one attached hydrogen (secondary N) is 1. The molecule has 1 aromatic rings. The predicted octanol–water partition coefficient (Wildman–Crippen LogP) is 0.708. The first-order chi connectivity index (χ1) is 6.58. The highest BCUT2D eigenvalue weighted by atomic mass is 19.3. The molecule has 0 atom stereocenters. The van der Waals surface area contributed by atoms with Gasteiger partial charge in [-0.15, -0.1) is 0 Å². The Kier molecular flexibility index (Phi) is 3.38. The van der Waals surface area contributed by atoms with Crippen LogP contribution in [0.2, 0.25) is 0 Å². The average molecular weight is 203 g/mol. The highest BCUT2D eigenvalue weighted by Crippen LogP contribution is 2.09. The van der Waals surface area contributed by atoms with Gasteiger partial charge in [-0.05, 0) is 0 Å². The van der Waals surface area contributed by atoms with Crippen molar-refractivity contribution in [2.45, 2.75) is 12.8 Å². The van der Waals surface area contributed by atoms with E-state index in [0.29, 0.717) is 5.82 Å². The third kappa shape index (κ3) is 3.38. The zero-order valence-electron chi connectivity index (χ0n) is 7.37. The molecule has 14 heavy (non-hydrogen) atoms. The van der Waals surface area contributed by atoms with E-state index >= 15 is 0 Å². The van der Waals surface area contributed by atoms with Crippen molar-refractivity contribution in [3.8, 4) is 0 Å². The topological polar surface area (TPSA) is 89.8 Å². The van der Waals surface area contributed by atoms with E-state index in [1.807, 2.05) is 0 Å². The molecule has 5 N–H and O–H groups in total. The van der Waals surface area contributed by atoms with Crippen molar-refractivity contribution < 1.29 is 8.78 Å². The Bertz CT molecular complexity index is 284. The van der Waals surface area contributed by atoms with E-state index in [9.17, 15) is 8.78 Å². The van der Waals surface area contributed by atoms with Crippen LogP contribution in [0.1, 0.15) is 6.42 Å². The van der Waals surface area contributed by atoms with Crippen LogP contribution in [0, 0.1) is 0 Å². The third-order valence-corrected chi connectivity index (χ3v) is 1.43. The monoisotopic (exact) mass is 203 g/mol. The third-order valence-electron chi connectivity index (χ3n) is 1.43. The number of hydrogen-bond donors (Lipinski definition) is 3. The highest BCUT2D eigenvalue weighted by molar-refractivity contribution is 5.48. The molecule has 5 nitrogen and oxygen atoms in total. The van der Waals surface area contributed by atoms with Gasteiger partial charge in [0.1, 0.15) is 11.6 Å². The molecule has 0 amide bonds. The van der Waals surface area contributed by atoms with Crippen LogP contribution in [0.5, 0.6) is 0 Å². The lowest BCUT2D eigenvalue weighted by atomic mass is 10.4. The molecular weight excluding hydrogens is 192 g/mol. The fourth-order valence-corrected chi connectivity index (χ4v) is 0.885. The maximum atomic E-state index is 11.8. The van der Waals surface area contributed by atoms with E-state index in [-0.39, 0.29) is 24.7 Å². The van der Waals surface area contributed by atoms with E-state index in [4.69, 9.17) is 11.5 Å². The van der Waals surface area contributed by atoms with E-state index in [1.54, 1.807) is 0 Å². The number of aromatic nitrogens is 2. The molecule has 0 aliphatic rings. The summed E-state index contributed by atoms with van der Waals surface area (Å²) in [4.78, 5) is 7.40. The number of rotatable bonds is 4. The van der Waals surface area contributed by atoms with E-state index in [2.05, 4.69) is 15.3 Å². The molecule has 0 aliphatic carbocycles. The number of nitrogens with two attached hydrogens (primary N) is 2. The van der Waals surface area contributed by atoms with Crippen molar-refractivity contribution in [2.75, 3.05) is 23.3 Å². The van der Waals surface area contributed by atoms with E-state index in [1.165, 1.54) is 6.07 Å². The van der Waals surface area contributed by atoms with Gasteiger partial charge in [0.25, 0.3) is 0 Å². The van der Waals surface area contributed by atoms with Crippen molar-refractivity contribution in [3.05, 3.63) is 6.07 Å². The summed E-state index contributed by atoms with van der Waals surface area (Å²) in [5.41, 5.74) is 10.7. The van der Waals surface area contributed by atoms with Crippen LogP contribution >= 0.6 is 0 Å². The molecule has 0 spiro atoms. The SMILES string of the molecule is Nc1cc(NCCC(F)F)nc(N)n1. The molecule has 0 saturated heterocycles. The van der Waals surface area contributed by atoms with Crippen LogP contribution in [0.4, 0.5) is 26.4 Å². The maximum absolute atomic E-state index is 11.8. The Balaban J connectivity index is 2.50. The Morgan fingerprint density at radius 1 is 1.36 bits per heavy atom. The summed E-state index contributed by atoms with van der Waals surface area (Å²) in [7, 11) is 0. The van der Waals surface area contributed by atoms with Gasteiger partial charge in [0.15, 0.2) is 0 Å². The summed E-state index contributed by atoms with van der Waals surface area (Å²) in [5, 5.41) is 2.67. The number of halogens is 2. The van der Waals surface area contributed by atoms with Gasteiger partial charge < -0.3 is 16.8 Å². The van der Waals surface area contributed by atoms with Crippen LogP contribution in [-0.2, 0) is 0 Å². The average Bonchev–Trinajstić information content (AvgIpc) is 2.01. The first-order valence-corrected chi connectivity index (χ1v) is 4.00. The fraction of sp³-hybridized carbons (Fsp3) is 0.429. The summed E-state index contributed by atoms with van der Waals surface area (Å²) < 4.78 is 23.5. The lowest BCUT2D eigenvalue weighted by molar-refractivity contribution is 0.142. The lowest BCUT2D eigenvalue weighted by Crippen LogP contribution is -2.09. The molecular formula is C7H11F2N5.